The molecule has 1 N–H and O–H groups in total. The third-order valence-corrected chi connectivity index (χ3v) is 4.56. The fourth-order valence-electron chi connectivity index (χ4n) is 3.12. The molecule has 2 aliphatic rings. The first kappa shape index (κ1) is 18.0. The van der Waals surface area contributed by atoms with E-state index in [4.69, 9.17) is 9.47 Å². The Morgan fingerprint density at radius 2 is 2.09 bits per heavy atom. The average molecular weight is 328 g/mol. The molecule has 7 nitrogen and oxygen atoms in total. The van der Waals surface area contributed by atoms with Crippen LogP contribution < -0.4 is 5.32 Å². The molecule has 2 rings (SSSR count). The number of morpholine rings is 1. The van der Waals surface area contributed by atoms with E-state index < -0.39 is 12.1 Å². The number of methoxy groups -OCH3 is 1. The van der Waals surface area contributed by atoms with E-state index in [1.165, 1.54) is 26.4 Å². The van der Waals surface area contributed by atoms with Crippen LogP contribution in [0, 0.1) is 5.92 Å². The van der Waals surface area contributed by atoms with Gasteiger partial charge in [0.2, 0.25) is 0 Å². The topological polar surface area (TPSA) is 77.1 Å². The summed E-state index contributed by atoms with van der Waals surface area (Å²) in [6, 6.07) is -0.192. The molecule has 3 atom stereocenters. The summed E-state index contributed by atoms with van der Waals surface area (Å²) in [7, 11) is 1.31. The number of amides is 2. The van der Waals surface area contributed by atoms with Crippen molar-refractivity contribution in [1.82, 2.24) is 10.2 Å². The van der Waals surface area contributed by atoms with Crippen molar-refractivity contribution in [3.8, 4) is 0 Å². The van der Waals surface area contributed by atoms with E-state index in [0.29, 0.717) is 38.3 Å². The molecular weight excluding hydrogens is 300 g/mol. The summed E-state index contributed by atoms with van der Waals surface area (Å²) >= 11 is 0. The summed E-state index contributed by atoms with van der Waals surface area (Å²) < 4.78 is 15.8. The van der Waals surface area contributed by atoms with Gasteiger partial charge in [-0.25, -0.2) is 9.59 Å². The molecule has 2 fully saturated rings. The Kier molecular flexibility index (Phi) is 7.11. The molecule has 0 radical (unpaired) electrons. The van der Waals surface area contributed by atoms with Gasteiger partial charge in [-0.3, -0.25) is 0 Å². The highest BCUT2D eigenvalue weighted by Gasteiger charge is 2.29. The minimum atomic E-state index is -0.696. The molecule has 23 heavy (non-hydrogen) atoms. The molecule has 1 aliphatic carbocycles. The van der Waals surface area contributed by atoms with Gasteiger partial charge in [0.15, 0.2) is 6.10 Å². The first-order valence-corrected chi connectivity index (χ1v) is 8.45. The normalized spacial score (nSPS) is 28.3. The molecule has 0 spiro atoms. The third kappa shape index (κ3) is 5.35. The number of nitrogens with one attached hydrogen (secondary N) is 1. The Morgan fingerprint density at radius 1 is 1.30 bits per heavy atom. The molecule has 0 aromatic rings. The van der Waals surface area contributed by atoms with E-state index in [0.717, 1.165) is 6.42 Å². The van der Waals surface area contributed by atoms with E-state index in [-0.39, 0.29) is 12.6 Å². The van der Waals surface area contributed by atoms with E-state index >= 15 is 0 Å². The molecule has 0 aromatic carbocycles. The van der Waals surface area contributed by atoms with Crippen molar-refractivity contribution in [3.63, 3.8) is 0 Å². The van der Waals surface area contributed by atoms with Gasteiger partial charge in [0, 0.05) is 13.1 Å². The maximum atomic E-state index is 12.1. The summed E-state index contributed by atoms with van der Waals surface area (Å²) in [5, 5.41) is 2.84. The molecule has 1 saturated heterocycles. The molecule has 2 amide bonds. The number of esters is 1. The fourth-order valence-corrected chi connectivity index (χ4v) is 3.12. The van der Waals surface area contributed by atoms with E-state index in [1.807, 2.05) is 0 Å². The Hall–Kier alpha value is -1.34. The molecule has 1 aliphatic heterocycles. The quantitative estimate of drug-likeness (QED) is 0.605. The first-order valence-electron chi connectivity index (χ1n) is 8.45. The third-order valence-electron chi connectivity index (χ3n) is 4.56. The Morgan fingerprint density at radius 3 is 2.83 bits per heavy atom. The number of ether oxygens (including phenoxy) is 3. The standard InChI is InChI=1S/C16H28N2O5/c1-12-5-3-4-6-13(12)22-9-7-17-16(20)18-8-10-23-14(11-18)15(19)21-2/h12-14H,3-11H2,1-2H3,(H,17,20)/t12-,13+,14+/m1/s1. The second-order valence-corrected chi connectivity index (χ2v) is 6.23. The highest BCUT2D eigenvalue weighted by molar-refractivity contribution is 5.78. The van der Waals surface area contributed by atoms with Crippen molar-refractivity contribution in [1.29, 1.82) is 0 Å². The van der Waals surface area contributed by atoms with Gasteiger partial charge in [-0.05, 0) is 18.8 Å². The van der Waals surface area contributed by atoms with Crippen molar-refractivity contribution < 1.29 is 23.8 Å². The zero-order chi connectivity index (χ0) is 16.7. The highest BCUT2D eigenvalue weighted by atomic mass is 16.6. The smallest absolute Gasteiger partial charge is 0.336 e. The maximum Gasteiger partial charge on any atom is 0.336 e. The number of carbonyl (C=O) groups is 2. The van der Waals surface area contributed by atoms with Gasteiger partial charge in [0.25, 0.3) is 0 Å². The van der Waals surface area contributed by atoms with Gasteiger partial charge < -0.3 is 24.4 Å². The van der Waals surface area contributed by atoms with Crippen molar-refractivity contribution in [2.75, 3.05) is 40.0 Å². The van der Waals surface area contributed by atoms with Gasteiger partial charge in [-0.15, -0.1) is 0 Å². The zero-order valence-electron chi connectivity index (χ0n) is 14.1. The largest absolute Gasteiger partial charge is 0.467 e. The first-order chi connectivity index (χ1) is 11.1. The van der Waals surface area contributed by atoms with E-state index in [9.17, 15) is 9.59 Å². The lowest BCUT2D eigenvalue weighted by Gasteiger charge is -2.32. The summed E-state index contributed by atoms with van der Waals surface area (Å²) in [5.74, 6) is 0.150. The number of urea groups is 1. The van der Waals surface area contributed by atoms with Crippen LogP contribution in [0.25, 0.3) is 0 Å². The van der Waals surface area contributed by atoms with Crippen LogP contribution in [0.1, 0.15) is 32.6 Å². The summed E-state index contributed by atoms with van der Waals surface area (Å²) in [6.45, 7) is 4.25. The molecule has 0 unspecified atom stereocenters. The van der Waals surface area contributed by atoms with Crippen LogP contribution in [0.4, 0.5) is 4.79 Å². The maximum absolute atomic E-state index is 12.1. The van der Waals surface area contributed by atoms with Crippen LogP contribution in [0.2, 0.25) is 0 Å². The molecule has 7 heteroatoms. The summed E-state index contributed by atoms with van der Waals surface area (Å²) in [6.07, 6.45) is 4.46. The zero-order valence-corrected chi connectivity index (χ0v) is 14.1. The molecule has 0 aromatic heterocycles. The van der Waals surface area contributed by atoms with Crippen LogP contribution >= 0.6 is 0 Å². The predicted octanol–water partition coefficient (Wildman–Crippen LogP) is 1.17. The van der Waals surface area contributed by atoms with Crippen molar-refractivity contribution in [2.45, 2.75) is 44.8 Å². The lowest BCUT2D eigenvalue weighted by Crippen LogP contribution is -2.52. The number of rotatable bonds is 5. The number of carbonyl (C=O) groups excluding carboxylic acids is 2. The monoisotopic (exact) mass is 328 g/mol. The van der Waals surface area contributed by atoms with Gasteiger partial charge in [0.05, 0.1) is 33.0 Å². The van der Waals surface area contributed by atoms with Crippen LogP contribution in [0.3, 0.4) is 0 Å². The molecule has 0 bridgehead atoms. The predicted molar refractivity (Wildman–Crippen MR) is 84.1 cm³/mol. The van der Waals surface area contributed by atoms with E-state index in [1.54, 1.807) is 4.90 Å². The van der Waals surface area contributed by atoms with Crippen LogP contribution in [0.5, 0.6) is 0 Å². The SMILES string of the molecule is COC(=O)[C@@H]1CN(C(=O)NCCO[C@H]2CCCC[C@H]2C)CCO1. The Balaban J connectivity index is 1.65. The minimum absolute atomic E-state index is 0.192. The van der Waals surface area contributed by atoms with Crippen molar-refractivity contribution in [3.05, 3.63) is 0 Å². The number of hydrogen-bond donors (Lipinski definition) is 1. The molecular formula is C16H28N2O5. The van der Waals surface area contributed by atoms with Gasteiger partial charge in [-0.1, -0.05) is 19.8 Å². The summed E-state index contributed by atoms with van der Waals surface area (Å²) in [5.41, 5.74) is 0. The second kappa shape index (κ2) is 9.08. The van der Waals surface area contributed by atoms with Gasteiger partial charge >= 0.3 is 12.0 Å². The lowest BCUT2D eigenvalue weighted by atomic mass is 9.88. The Labute approximate surface area is 137 Å². The highest BCUT2D eigenvalue weighted by Crippen LogP contribution is 2.25. The summed E-state index contributed by atoms with van der Waals surface area (Å²) in [4.78, 5) is 25.2. The van der Waals surface area contributed by atoms with Gasteiger partial charge in [0.1, 0.15) is 0 Å². The van der Waals surface area contributed by atoms with Crippen LogP contribution in [-0.4, -0.2) is 69.1 Å². The Bertz CT molecular complexity index is 404. The number of nitrogens with zero attached hydrogens (tertiary/aromatic N) is 1. The molecule has 1 saturated carbocycles. The van der Waals surface area contributed by atoms with Gasteiger partial charge in [-0.2, -0.15) is 0 Å². The fraction of sp³-hybridized carbons (Fsp3) is 0.875. The second-order valence-electron chi connectivity index (χ2n) is 6.23. The average Bonchev–Trinajstić information content (AvgIpc) is 2.59. The minimum Gasteiger partial charge on any atom is -0.467 e. The molecule has 1 heterocycles. The molecule has 132 valence electrons. The van der Waals surface area contributed by atoms with E-state index in [2.05, 4.69) is 17.0 Å². The number of hydrogen-bond acceptors (Lipinski definition) is 5. The van der Waals surface area contributed by atoms with Crippen LogP contribution in [-0.2, 0) is 19.0 Å². The van der Waals surface area contributed by atoms with Crippen molar-refractivity contribution >= 4 is 12.0 Å². The van der Waals surface area contributed by atoms with Crippen molar-refractivity contribution in [2.24, 2.45) is 5.92 Å². The van der Waals surface area contributed by atoms with Crippen LogP contribution in [0.15, 0.2) is 0 Å². The lowest BCUT2D eigenvalue weighted by molar-refractivity contribution is -0.158.